The van der Waals surface area contributed by atoms with Gasteiger partial charge < -0.3 is 10.7 Å². The molecule has 2 atom stereocenters. The Balaban J connectivity index is 1.80. The van der Waals surface area contributed by atoms with Crippen LogP contribution in [0.2, 0.25) is 0 Å². The molecule has 0 aromatic heterocycles. The minimum absolute atomic E-state index is 0.0365. The van der Waals surface area contributed by atoms with E-state index < -0.39 is 9.85 Å². The zero-order valence-electron chi connectivity index (χ0n) is 18.6. The molecule has 4 rings (SSSR count). The van der Waals surface area contributed by atoms with Crippen LogP contribution in [0.15, 0.2) is 77.1 Å². The van der Waals surface area contributed by atoms with Crippen LogP contribution in [0.5, 0.6) is 0 Å². The number of nitro benzene ring substituents is 2. The Morgan fingerprint density at radius 1 is 0.941 bits per heavy atom. The smallest absolute Gasteiger partial charge is 0.297 e. The predicted molar refractivity (Wildman–Crippen MR) is 128 cm³/mol. The lowest BCUT2D eigenvalue weighted by molar-refractivity contribution is -0.385. The van der Waals surface area contributed by atoms with Gasteiger partial charge >= 0.3 is 0 Å². The Labute approximate surface area is 196 Å². The summed E-state index contributed by atoms with van der Waals surface area (Å²) in [4.78, 5) is 24.3. The summed E-state index contributed by atoms with van der Waals surface area (Å²) in [7, 11) is 0. The van der Waals surface area contributed by atoms with Crippen LogP contribution in [0.4, 0.5) is 22.7 Å². The number of aryl methyl sites for hydroxylation is 1. The lowest BCUT2D eigenvalue weighted by Gasteiger charge is -2.33. The largest absolute Gasteiger partial charge is 0.357 e. The van der Waals surface area contributed by atoms with Gasteiger partial charge in [0.25, 0.3) is 11.4 Å². The second-order valence-corrected chi connectivity index (χ2v) is 8.11. The van der Waals surface area contributed by atoms with Crippen molar-refractivity contribution in [3.8, 4) is 0 Å². The lowest BCUT2D eigenvalue weighted by Crippen LogP contribution is -2.26. The zero-order valence-corrected chi connectivity index (χ0v) is 18.6. The van der Waals surface area contributed by atoms with Crippen LogP contribution in [0.3, 0.4) is 0 Å². The van der Waals surface area contributed by atoms with E-state index >= 15 is 0 Å². The van der Waals surface area contributed by atoms with Crippen LogP contribution >= 0.6 is 0 Å². The molecule has 1 fully saturated rings. The van der Waals surface area contributed by atoms with Gasteiger partial charge in [0, 0.05) is 23.9 Å². The molecule has 0 saturated carbocycles. The maximum atomic E-state index is 11.7. The van der Waals surface area contributed by atoms with Crippen LogP contribution < -0.4 is 10.7 Å². The molecule has 174 valence electrons. The van der Waals surface area contributed by atoms with Gasteiger partial charge in [-0.15, -0.1) is 5.11 Å². The fourth-order valence-electron chi connectivity index (χ4n) is 4.62. The van der Waals surface area contributed by atoms with Gasteiger partial charge in [-0.2, -0.15) is 0 Å². The SMILES string of the molecule is CCc1ccc(N2C(c3cccc([N+](=O)[O-])c3)CCC2c2ccc(N=NN)c([N+](=O)[O-])c2)cc1. The van der Waals surface area contributed by atoms with Gasteiger partial charge in [-0.3, -0.25) is 20.2 Å². The Morgan fingerprint density at radius 2 is 1.62 bits per heavy atom. The second-order valence-electron chi connectivity index (χ2n) is 8.11. The van der Waals surface area contributed by atoms with Crippen molar-refractivity contribution >= 4 is 22.7 Å². The molecular formula is C24H24N6O4. The normalized spacial score (nSPS) is 17.9. The number of non-ortho nitro benzene ring substituents is 1. The second kappa shape index (κ2) is 9.65. The molecule has 3 aromatic carbocycles. The number of hydrogen-bond donors (Lipinski definition) is 1. The third-order valence-corrected chi connectivity index (χ3v) is 6.24. The van der Waals surface area contributed by atoms with E-state index in [1.165, 1.54) is 17.7 Å². The average molecular weight is 460 g/mol. The van der Waals surface area contributed by atoms with Crippen molar-refractivity contribution in [2.75, 3.05) is 4.90 Å². The zero-order chi connectivity index (χ0) is 24.2. The highest BCUT2D eigenvalue weighted by Crippen LogP contribution is 2.48. The Hall–Kier alpha value is -4.34. The standard InChI is InChI=1S/C24H24N6O4/c1-2-16-6-9-19(10-7-16)28-22(17-4-3-5-20(14-17)29(31)32)12-13-23(28)18-8-11-21(26-27-25)24(15-18)30(33)34/h3-11,14-15,22-23H,2,12-13H2,1H3,(H2,25,26). The Morgan fingerprint density at radius 3 is 2.21 bits per heavy atom. The summed E-state index contributed by atoms with van der Waals surface area (Å²) in [6, 6.07) is 19.4. The van der Waals surface area contributed by atoms with Crippen molar-refractivity contribution in [1.82, 2.24) is 0 Å². The minimum Gasteiger partial charge on any atom is -0.357 e. The molecule has 10 heteroatoms. The van der Waals surface area contributed by atoms with Gasteiger partial charge in [0.05, 0.1) is 21.9 Å². The molecule has 2 N–H and O–H groups in total. The molecule has 34 heavy (non-hydrogen) atoms. The number of nitrogens with two attached hydrogens (primary N) is 1. The van der Waals surface area contributed by atoms with Crippen LogP contribution in [0.1, 0.15) is 48.5 Å². The fourth-order valence-corrected chi connectivity index (χ4v) is 4.62. The number of hydrogen-bond acceptors (Lipinski definition) is 7. The molecule has 1 aliphatic heterocycles. The van der Waals surface area contributed by atoms with E-state index in [9.17, 15) is 20.2 Å². The summed E-state index contributed by atoms with van der Waals surface area (Å²) in [5, 5.41) is 29.9. The maximum absolute atomic E-state index is 11.7. The summed E-state index contributed by atoms with van der Waals surface area (Å²) >= 11 is 0. The molecule has 1 saturated heterocycles. The quantitative estimate of drug-likeness (QED) is 0.195. The van der Waals surface area contributed by atoms with E-state index in [1.807, 2.05) is 18.2 Å². The molecule has 10 nitrogen and oxygen atoms in total. The van der Waals surface area contributed by atoms with Gasteiger partial charge in [0.2, 0.25) is 0 Å². The minimum atomic E-state index is -0.499. The topological polar surface area (TPSA) is 140 Å². The highest BCUT2D eigenvalue weighted by molar-refractivity contribution is 5.61. The molecule has 1 heterocycles. The maximum Gasteiger partial charge on any atom is 0.297 e. The van der Waals surface area contributed by atoms with Gasteiger partial charge in [-0.25, -0.2) is 0 Å². The molecular weight excluding hydrogens is 436 g/mol. The van der Waals surface area contributed by atoms with Crippen molar-refractivity contribution in [2.24, 2.45) is 16.2 Å². The van der Waals surface area contributed by atoms with Crippen LogP contribution in [-0.4, -0.2) is 9.85 Å². The van der Waals surface area contributed by atoms with E-state index in [0.29, 0.717) is 0 Å². The molecule has 0 bridgehead atoms. The van der Waals surface area contributed by atoms with Gasteiger partial charge in [-0.05, 0) is 54.2 Å². The number of rotatable bonds is 7. The molecule has 3 aromatic rings. The monoisotopic (exact) mass is 460 g/mol. The van der Waals surface area contributed by atoms with Crippen molar-refractivity contribution in [3.63, 3.8) is 0 Å². The first-order valence-corrected chi connectivity index (χ1v) is 10.9. The molecule has 0 spiro atoms. The first-order chi connectivity index (χ1) is 16.4. The van der Waals surface area contributed by atoms with Crippen LogP contribution in [0.25, 0.3) is 0 Å². The first kappa shape index (κ1) is 22.8. The van der Waals surface area contributed by atoms with Gasteiger partial charge in [0.15, 0.2) is 5.69 Å². The number of anilines is 1. The number of nitro groups is 2. The number of benzene rings is 3. The molecule has 1 aliphatic rings. The van der Waals surface area contributed by atoms with Crippen LogP contribution in [0, 0.1) is 20.2 Å². The summed E-state index contributed by atoms with van der Waals surface area (Å²) in [6.45, 7) is 2.08. The van der Waals surface area contributed by atoms with E-state index in [-0.39, 0.29) is 29.1 Å². The van der Waals surface area contributed by atoms with E-state index in [4.69, 9.17) is 5.84 Å². The molecule has 2 unspecified atom stereocenters. The summed E-state index contributed by atoms with van der Waals surface area (Å²) in [6.07, 6.45) is 2.36. The third kappa shape index (κ3) is 4.42. The van der Waals surface area contributed by atoms with E-state index in [1.54, 1.807) is 24.3 Å². The Bertz CT molecular complexity index is 1240. The lowest BCUT2D eigenvalue weighted by atomic mass is 10.0. The summed E-state index contributed by atoms with van der Waals surface area (Å²) < 4.78 is 0. The third-order valence-electron chi connectivity index (χ3n) is 6.24. The first-order valence-electron chi connectivity index (χ1n) is 10.9. The molecule has 0 amide bonds. The molecule has 0 radical (unpaired) electrons. The fraction of sp³-hybridized carbons (Fsp3) is 0.250. The van der Waals surface area contributed by atoms with E-state index in [2.05, 4.69) is 34.3 Å². The highest BCUT2D eigenvalue weighted by atomic mass is 16.6. The summed E-state index contributed by atoms with van der Waals surface area (Å²) in [5.41, 5.74) is 3.68. The van der Waals surface area contributed by atoms with Crippen molar-refractivity contribution in [2.45, 2.75) is 38.3 Å². The van der Waals surface area contributed by atoms with Gasteiger partial charge in [0.1, 0.15) is 0 Å². The van der Waals surface area contributed by atoms with E-state index in [0.717, 1.165) is 36.1 Å². The van der Waals surface area contributed by atoms with Gasteiger partial charge in [-0.1, -0.05) is 42.5 Å². The predicted octanol–water partition coefficient (Wildman–Crippen LogP) is 6.11. The van der Waals surface area contributed by atoms with Crippen molar-refractivity contribution in [1.29, 1.82) is 0 Å². The van der Waals surface area contributed by atoms with Crippen LogP contribution in [-0.2, 0) is 6.42 Å². The average Bonchev–Trinajstić information content (AvgIpc) is 3.29. The highest BCUT2D eigenvalue weighted by Gasteiger charge is 2.37. The summed E-state index contributed by atoms with van der Waals surface area (Å²) in [5.74, 6) is 5.11. The van der Waals surface area contributed by atoms with Crippen molar-refractivity contribution < 1.29 is 9.85 Å². The number of nitrogens with zero attached hydrogens (tertiary/aromatic N) is 5. The molecule has 0 aliphatic carbocycles. The van der Waals surface area contributed by atoms with Crippen molar-refractivity contribution in [3.05, 3.63) is 104 Å². The Kier molecular flexibility index (Phi) is 6.48.